The average Bonchev–Trinajstić information content (AvgIpc) is 2.90. The number of hydrogen-bond acceptors (Lipinski definition) is 4. The average molecular weight is 265 g/mol. The molecule has 98 valence electrons. The van der Waals surface area contributed by atoms with Gasteiger partial charge in [0.1, 0.15) is 0 Å². The van der Waals surface area contributed by atoms with Gasteiger partial charge in [-0.2, -0.15) is 11.8 Å². The Balaban J connectivity index is 2.00. The molecule has 4 heteroatoms. The number of nitrogens with one attached hydrogen (secondary N) is 1. The number of ether oxygens (including phenoxy) is 1. The van der Waals surface area contributed by atoms with Gasteiger partial charge in [-0.15, -0.1) is 0 Å². The number of carbonyl (C=O) groups excluding carboxylic acids is 1. The lowest BCUT2D eigenvalue weighted by atomic mass is 10.1. The molecule has 1 saturated heterocycles. The third-order valence-corrected chi connectivity index (χ3v) is 4.26. The largest absolute Gasteiger partial charge is 0.462 e. The van der Waals surface area contributed by atoms with E-state index >= 15 is 0 Å². The molecule has 0 radical (unpaired) electrons. The van der Waals surface area contributed by atoms with Gasteiger partial charge in [0.2, 0.25) is 0 Å². The highest BCUT2D eigenvalue weighted by Gasteiger charge is 2.17. The van der Waals surface area contributed by atoms with Gasteiger partial charge in [0.25, 0.3) is 0 Å². The lowest BCUT2D eigenvalue weighted by Gasteiger charge is -2.14. The molecule has 0 amide bonds. The van der Waals surface area contributed by atoms with Crippen LogP contribution in [0, 0.1) is 5.92 Å². The first-order valence-corrected chi connectivity index (χ1v) is 7.54. The van der Waals surface area contributed by atoms with Crippen LogP contribution in [-0.2, 0) is 4.74 Å². The summed E-state index contributed by atoms with van der Waals surface area (Å²) in [5, 5.41) is 3.38. The van der Waals surface area contributed by atoms with Gasteiger partial charge in [0.15, 0.2) is 0 Å². The highest BCUT2D eigenvalue weighted by Crippen LogP contribution is 2.24. The number of rotatable bonds is 5. The summed E-state index contributed by atoms with van der Waals surface area (Å²) < 4.78 is 5.06. The van der Waals surface area contributed by atoms with Gasteiger partial charge in [-0.05, 0) is 42.9 Å². The molecule has 1 heterocycles. The second-order valence-electron chi connectivity index (χ2n) is 4.38. The van der Waals surface area contributed by atoms with E-state index in [1.165, 1.54) is 17.9 Å². The highest BCUT2D eigenvalue weighted by molar-refractivity contribution is 7.99. The second kappa shape index (κ2) is 6.69. The Hall–Kier alpha value is -1.16. The smallest absolute Gasteiger partial charge is 0.340 e. The van der Waals surface area contributed by atoms with Crippen LogP contribution >= 0.6 is 11.8 Å². The van der Waals surface area contributed by atoms with Crippen molar-refractivity contribution in [1.29, 1.82) is 0 Å². The van der Waals surface area contributed by atoms with Crippen LogP contribution < -0.4 is 5.32 Å². The number of anilines is 1. The Morgan fingerprint density at radius 2 is 2.33 bits per heavy atom. The summed E-state index contributed by atoms with van der Waals surface area (Å²) in [6.07, 6.45) is 1.26. The third-order valence-electron chi connectivity index (χ3n) is 3.03. The Morgan fingerprint density at radius 1 is 1.50 bits per heavy atom. The minimum absolute atomic E-state index is 0.249. The van der Waals surface area contributed by atoms with Crippen molar-refractivity contribution in [2.24, 2.45) is 5.92 Å². The number of carbonyl (C=O) groups is 1. The molecule has 1 aromatic rings. The first kappa shape index (κ1) is 13.3. The summed E-state index contributed by atoms with van der Waals surface area (Å²) in [7, 11) is 0. The van der Waals surface area contributed by atoms with E-state index in [-0.39, 0.29) is 5.97 Å². The lowest BCUT2D eigenvalue weighted by Crippen LogP contribution is -2.16. The Morgan fingerprint density at radius 3 is 3.06 bits per heavy atom. The quantitative estimate of drug-likeness (QED) is 0.831. The third kappa shape index (κ3) is 3.42. The van der Waals surface area contributed by atoms with Gasteiger partial charge in [-0.25, -0.2) is 4.79 Å². The Bertz CT molecular complexity index is 403. The number of esters is 1. The molecule has 0 aromatic heterocycles. The first-order valence-electron chi connectivity index (χ1n) is 6.39. The summed E-state index contributed by atoms with van der Waals surface area (Å²) in [5.41, 5.74) is 1.51. The molecule has 0 saturated carbocycles. The molecule has 1 atom stereocenters. The van der Waals surface area contributed by atoms with E-state index < -0.39 is 0 Å². The van der Waals surface area contributed by atoms with Gasteiger partial charge in [0.05, 0.1) is 12.2 Å². The minimum atomic E-state index is -0.249. The fourth-order valence-corrected chi connectivity index (χ4v) is 3.31. The van der Waals surface area contributed by atoms with E-state index in [4.69, 9.17) is 4.74 Å². The van der Waals surface area contributed by atoms with Crippen LogP contribution in [0.15, 0.2) is 24.3 Å². The number of hydrogen-bond donors (Lipinski definition) is 1. The standard InChI is InChI=1S/C14H19NO2S/c1-2-17-14(16)12-5-3-4-6-13(12)15-9-11-7-8-18-10-11/h3-6,11,15H,2,7-10H2,1H3. The summed E-state index contributed by atoms with van der Waals surface area (Å²) in [5.74, 6) is 2.94. The molecule has 1 fully saturated rings. The van der Waals surface area contributed by atoms with Crippen molar-refractivity contribution in [3.05, 3.63) is 29.8 Å². The summed E-state index contributed by atoms with van der Waals surface area (Å²) in [6, 6.07) is 7.55. The van der Waals surface area contributed by atoms with E-state index in [9.17, 15) is 4.79 Å². The molecule has 3 nitrogen and oxygen atoms in total. The first-order chi connectivity index (χ1) is 8.81. The maximum absolute atomic E-state index is 11.8. The fourth-order valence-electron chi connectivity index (χ4n) is 2.02. The Kier molecular flexibility index (Phi) is 4.93. The monoisotopic (exact) mass is 265 g/mol. The number of benzene rings is 1. The van der Waals surface area contributed by atoms with Crippen molar-refractivity contribution < 1.29 is 9.53 Å². The van der Waals surface area contributed by atoms with Gasteiger partial charge in [0, 0.05) is 12.2 Å². The van der Waals surface area contributed by atoms with Crippen molar-refractivity contribution >= 4 is 23.4 Å². The zero-order valence-electron chi connectivity index (χ0n) is 10.6. The molecular weight excluding hydrogens is 246 g/mol. The van der Waals surface area contributed by atoms with E-state index in [2.05, 4.69) is 5.32 Å². The molecule has 2 rings (SSSR count). The van der Waals surface area contributed by atoms with Crippen LogP contribution in [0.25, 0.3) is 0 Å². The van der Waals surface area contributed by atoms with Crippen molar-refractivity contribution in [3.8, 4) is 0 Å². The van der Waals surface area contributed by atoms with Gasteiger partial charge in [-0.1, -0.05) is 12.1 Å². The van der Waals surface area contributed by atoms with Gasteiger partial charge >= 0.3 is 5.97 Å². The van der Waals surface area contributed by atoms with Crippen LogP contribution in [0.3, 0.4) is 0 Å². The predicted molar refractivity (Wildman–Crippen MR) is 76.3 cm³/mol. The van der Waals surface area contributed by atoms with Crippen molar-refractivity contribution in [1.82, 2.24) is 0 Å². The van der Waals surface area contributed by atoms with Crippen LogP contribution in [0.1, 0.15) is 23.7 Å². The molecule has 18 heavy (non-hydrogen) atoms. The van der Waals surface area contributed by atoms with Crippen molar-refractivity contribution in [3.63, 3.8) is 0 Å². The molecule has 1 N–H and O–H groups in total. The van der Waals surface area contributed by atoms with Crippen LogP contribution in [0.4, 0.5) is 5.69 Å². The fraction of sp³-hybridized carbons (Fsp3) is 0.500. The van der Waals surface area contributed by atoms with E-state index in [0.29, 0.717) is 18.1 Å². The molecule has 1 aliphatic heterocycles. The second-order valence-corrected chi connectivity index (χ2v) is 5.53. The molecule has 0 bridgehead atoms. The summed E-state index contributed by atoms with van der Waals surface area (Å²) in [6.45, 7) is 3.17. The van der Waals surface area contributed by atoms with Gasteiger partial charge in [-0.3, -0.25) is 0 Å². The zero-order chi connectivity index (χ0) is 12.8. The molecule has 1 unspecified atom stereocenters. The molecule has 1 aromatic carbocycles. The Labute approximate surface area is 112 Å². The van der Waals surface area contributed by atoms with Gasteiger partial charge < -0.3 is 10.1 Å². The lowest BCUT2D eigenvalue weighted by molar-refractivity contribution is 0.0527. The maximum atomic E-state index is 11.8. The summed E-state index contributed by atoms with van der Waals surface area (Å²) in [4.78, 5) is 11.8. The highest BCUT2D eigenvalue weighted by atomic mass is 32.2. The predicted octanol–water partition coefficient (Wildman–Crippen LogP) is 3.03. The van der Waals surface area contributed by atoms with Crippen LogP contribution in [0.5, 0.6) is 0 Å². The number of para-hydroxylation sites is 1. The SMILES string of the molecule is CCOC(=O)c1ccccc1NCC1CCSC1. The van der Waals surface area contributed by atoms with Crippen molar-refractivity contribution in [2.45, 2.75) is 13.3 Å². The van der Waals surface area contributed by atoms with E-state index in [1.54, 1.807) is 0 Å². The topological polar surface area (TPSA) is 38.3 Å². The zero-order valence-corrected chi connectivity index (χ0v) is 11.5. The van der Waals surface area contributed by atoms with Crippen molar-refractivity contribution in [2.75, 3.05) is 30.0 Å². The normalized spacial score (nSPS) is 18.6. The number of thioether (sulfide) groups is 1. The maximum Gasteiger partial charge on any atom is 0.340 e. The molecular formula is C14H19NO2S. The molecule has 0 spiro atoms. The van der Waals surface area contributed by atoms with Crippen LogP contribution in [0.2, 0.25) is 0 Å². The summed E-state index contributed by atoms with van der Waals surface area (Å²) >= 11 is 2.00. The van der Waals surface area contributed by atoms with E-state index in [1.807, 2.05) is 43.0 Å². The molecule has 0 aliphatic carbocycles. The van der Waals surface area contributed by atoms with E-state index in [0.717, 1.165) is 12.2 Å². The van der Waals surface area contributed by atoms with Crippen LogP contribution in [-0.4, -0.2) is 30.6 Å². The molecule has 1 aliphatic rings. The minimum Gasteiger partial charge on any atom is -0.462 e.